The summed E-state index contributed by atoms with van der Waals surface area (Å²) in [4.78, 5) is 11.0. The first-order valence-electron chi connectivity index (χ1n) is 18.3. The van der Waals surface area contributed by atoms with Gasteiger partial charge in [-0.2, -0.15) is 10.1 Å². The number of pyridine rings is 1. The van der Waals surface area contributed by atoms with Crippen molar-refractivity contribution in [2.45, 2.75) is 38.5 Å². The molecule has 1 atom stereocenters. The fourth-order valence-electron chi connectivity index (χ4n) is 7.65. The molecule has 8 rings (SSSR count). The summed E-state index contributed by atoms with van der Waals surface area (Å²) in [7, 11) is 1.95. The Hall–Kier alpha value is -5.48. The van der Waals surface area contributed by atoms with Gasteiger partial charge in [0, 0.05) is 56.9 Å². The van der Waals surface area contributed by atoms with Crippen molar-refractivity contribution < 1.29 is 18.3 Å². The van der Waals surface area contributed by atoms with Gasteiger partial charge in [0.1, 0.15) is 18.9 Å². The third-order valence-corrected chi connectivity index (χ3v) is 10.4. The number of nitrogens with zero attached hydrogens (tertiary/aromatic N) is 6. The molecule has 53 heavy (non-hydrogen) atoms. The van der Waals surface area contributed by atoms with Gasteiger partial charge in [0.2, 0.25) is 11.8 Å². The highest BCUT2D eigenvalue weighted by atomic mass is 19.3. The van der Waals surface area contributed by atoms with Crippen LogP contribution in [0.2, 0.25) is 0 Å². The van der Waals surface area contributed by atoms with E-state index < -0.39 is 12.0 Å². The van der Waals surface area contributed by atoms with Crippen LogP contribution in [0.1, 0.15) is 23.1 Å². The molecule has 0 saturated carbocycles. The molecule has 2 saturated heterocycles. The molecule has 10 heteroatoms. The summed E-state index contributed by atoms with van der Waals surface area (Å²) in [6.45, 7) is 5.53. The monoisotopic (exact) mass is 714 g/mol. The van der Waals surface area contributed by atoms with E-state index in [0.717, 1.165) is 50.2 Å². The number of aromatic nitrogens is 3. The standard InChI is InChI=1S/C43H44F2N6O2/c1-31-16-18-34(19-17-31)51-23-22-38(43(44,45)30-51)50-26-24-49(25-27-50)37-15-9-14-35-40(47-48(2)41(35)37)36-20-21-39(52-28-32-10-5-3-6-11-32)46-42(36)53-29-33-12-7-4-8-13-33/h3-21,38H,22-30H2,1-2H3/t38-/m0/s1. The predicted molar refractivity (Wildman–Crippen MR) is 206 cm³/mol. The molecule has 0 N–H and O–H groups in total. The lowest BCUT2D eigenvalue weighted by molar-refractivity contribution is -0.0891. The molecular formula is C43H44F2N6O2. The maximum atomic E-state index is 15.7. The zero-order chi connectivity index (χ0) is 36.4. The Morgan fingerprint density at radius 1 is 0.717 bits per heavy atom. The zero-order valence-corrected chi connectivity index (χ0v) is 30.2. The van der Waals surface area contributed by atoms with E-state index in [2.05, 4.69) is 17.0 Å². The Labute approximate surface area is 309 Å². The van der Waals surface area contributed by atoms with E-state index in [1.165, 1.54) is 0 Å². The van der Waals surface area contributed by atoms with Crippen LogP contribution in [0.5, 0.6) is 11.8 Å². The molecule has 0 aliphatic carbocycles. The minimum Gasteiger partial charge on any atom is -0.473 e. The first-order valence-corrected chi connectivity index (χ1v) is 18.3. The number of piperidine rings is 1. The van der Waals surface area contributed by atoms with Crippen LogP contribution < -0.4 is 19.3 Å². The molecule has 0 radical (unpaired) electrons. The van der Waals surface area contributed by atoms with Gasteiger partial charge in [-0.1, -0.05) is 90.5 Å². The normalized spacial score (nSPS) is 17.6. The number of fused-ring (bicyclic) bond motifs is 1. The maximum absolute atomic E-state index is 15.7. The van der Waals surface area contributed by atoms with Gasteiger partial charge < -0.3 is 19.3 Å². The average molecular weight is 715 g/mol. The van der Waals surface area contributed by atoms with Crippen molar-refractivity contribution in [2.75, 3.05) is 49.1 Å². The van der Waals surface area contributed by atoms with E-state index in [0.29, 0.717) is 64.1 Å². The predicted octanol–water partition coefficient (Wildman–Crippen LogP) is 8.14. The molecule has 4 heterocycles. The number of aryl methyl sites for hydroxylation is 2. The number of rotatable bonds is 10. The van der Waals surface area contributed by atoms with E-state index >= 15 is 8.78 Å². The van der Waals surface area contributed by atoms with Gasteiger partial charge in [-0.3, -0.25) is 9.58 Å². The van der Waals surface area contributed by atoms with Crippen molar-refractivity contribution in [1.82, 2.24) is 19.7 Å². The SMILES string of the molecule is Cc1ccc(N2CC[C@H](N3CCN(c4cccc5c(-c6ccc(OCc7ccccc7)nc6OCc6ccccc6)nn(C)c45)CC3)C(F)(F)C2)cc1. The fraction of sp³-hybridized carbons (Fsp3) is 0.302. The van der Waals surface area contributed by atoms with Gasteiger partial charge in [0.25, 0.3) is 5.92 Å². The Bertz CT molecular complexity index is 2150. The molecule has 2 aliphatic rings. The second-order valence-electron chi connectivity index (χ2n) is 14.0. The third kappa shape index (κ3) is 7.41. The Morgan fingerprint density at radius 3 is 2.08 bits per heavy atom. The average Bonchev–Trinajstić information content (AvgIpc) is 3.53. The van der Waals surface area contributed by atoms with Crippen LogP contribution in [0.4, 0.5) is 20.2 Å². The van der Waals surface area contributed by atoms with Gasteiger partial charge in [-0.15, -0.1) is 0 Å². The van der Waals surface area contributed by atoms with Crippen LogP contribution in [0, 0.1) is 6.92 Å². The van der Waals surface area contributed by atoms with Crippen molar-refractivity contribution in [3.8, 4) is 23.0 Å². The van der Waals surface area contributed by atoms with Crippen molar-refractivity contribution in [2.24, 2.45) is 7.05 Å². The summed E-state index contributed by atoms with van der Waals surface area (Å²) in [5.74, 6) is -1.91. The summed E-state index contributed by atoms with van der Waals surface area (Å²) in [6.07, 6.45) is 0.431. The van der Waals surface area contributed by atoms with Crippen molar-refractivity contribution in [3.05, 3.63) is 132 Å². The molecule has 0 unspecified atom stereocenters. The fourth-order valence-corrected chi connectivity index (χ4v) is 7.65. The topological polar surface area (TPSA) is 58.9 Å². The second kappa shape index (κ2) is 14.9. The van der Waals surface area contributed by atoms with Crippen molar-refractivity contribution in [3.63, 3.8) is 0 Å². The summed E-state index contributed by atoms with van der Waals surface area (Å²) in [6, 6.07) is 37.1. The lowest BCUT2D eigenvalue weighted by atomic mass is 9.97. The third-order valence-electron chi connectivity index (χ3n) is 10.4. The van der Waals surface area contributed by atoms with Crippen LogP contribution in [0.25, 0.3) is 22.2 Å². The van der Waals surface area contributed by atoms with Crippen molar-refractivity contribution >= 4 is 22.3 Å². The minimum absolute atomic E-state index is 0.260. The molecule has 2 aromatic heterocycles. The first-order chi connectivity index (χ1) is 25.8. The summed E-state index contributed by atoms with van der Waals surface area (Å²) in [5.41, 5.74) is 7.59. The van der Waals surface area contributed by atoms with Crippen LogP contribution in [0.15, 0.2) is 115 Å². The Kier molecular flexibility index (Phi) is 9.71. The number of alkyl halides is 2. The highest BCUT2D eigenvalue weighted by Gasteiger charge is 2.48. The van der Waals surface area contributed by atoms with Crippen LogP contribution in [0.3, 0.4) is 0 Å². The van der Waals surface area contributed by atoms with Crippen LogP contribution >= 0.6 is 0 Å². The van der Waals surface area contributed by atoms with Gasteiger partial charge in [-0.25, -0.2) is 8.78 Å². The number of hydrogen-bond donors (Lipinski definition) is 0. The molecule has 272 valence electrons. The number of benzene rings is 4. The lowest BCUT2D eigenvalue weighted by Crippen LogP contribution is -2.62. The molecule has 2 aliphatic heterocycles. The first kappa shape index (κ1) is 34.6. The van der Waals surface area contributed by atoms with Gasteiger partial charge in [0.05, 0.1) is 29.4 Å². The van der Waals surface area contributed by atoms with Gasteiger partial charge >= 0.3 is 0 Å². The molecule has 6 aromatic rings. The molecule has 0 spiro atoms. The quantitative estimate of drug-likeness (QED) is 0.142. The highest BCUT2D eigenvalue weighted by molar-refractivity contribution is 6.01. The number of ether oxygens (including phenoxy) is 2. The van der Waals surface area contributed by atoms with Gasteiger partial charge in [-0.05, 0) is 48.7 Å². The van der Waals surface area contributed by atoms with E-state index in [1.807, 2.05) is 132 Å². The number of piperazine rings is 1. The van der Waals surface area contributed by atoms with E-state index in [-0.39, 0.29) is 6.54 Å². The molecule has 0 bridgehead atoms. The van der Waals surface area contributed by atoms with E-state index in [1.54, 1.807) is 0 Å². The van der Waals surface area contributed by atoms with E-state index in [9.17, 15) is 0 Å². The smallest absolute Gasteiger partial charge is 0.280 e. The molecular weight excluding hydrogens is 671 g/mol. The summed E-state index contributed by atoms with van der Waals surface area (Å²) in [5, 5.41) is 5.98. The van der Waals surface area contributed by atoms with Crippen LogP contribution in [-0.4, -0.2) is 70.9 Å². The van der Waals surface area contributed by atoms with E-state index in [4.69, 9.17) is 19.6 Å². The minimum atomic E-state index is -2.81. The Balaban J connectivity index is 1.01. The largest absolute Gasteiger partial charge is 0.473 e. The summed E-state index contributed by atoms with van der Waals surface area (Å²) < 4.78 is 45.8. The second-order valence-corrected chi connectivity index (χ2v) is 14.0. The molecule has 4 aromatic carbocycles. The zero-order valence-electron chi connectivity index (χ0n) is 30.2. The highest BCUT2D eigenvalue weighted by Crippen LogP contribution is 2.39. The molecule has 8 nitrogen and oxygen atoms in total. The molecule has 0 amide bonds. The maximum Gasteiger partial charge on any atom is 0.280 e. The molecule has 2 fully saturated rings. The number of anilines is 2. The number of para-hydroxylation sites is 1. The summed E-state index contributed by atoms with van der Waals surface area (Å²) >= 11 is 0. The number of hydrogen-bond acceptors (Lipinski definition) is 7. The van der Waals surface area contributed by atoms with Gasteiger partial charge in [0.15, 0.2) is 0 Å². The van der Waals surface area contributed by atoms with Crippen molar-refractivity contribution in [1.29, 1.82) is 0 Å². The van der Waals surface area contributed by atoms with Crippen LogP contribution in [-0.2, 0) is 20.3 Å². The Morgan fingerprint density at radius 2 is 1.40 bits per heavy atom. The number of halogens is 2. The lowest BCUT2D eigenvalue weighted by Gasteiger charge is -2.47.